The molecule has 0 unspecified atom stereocenters. The smallest absolute Gasteiger partial charge is 0.377 e. The summed E-state index contributed by atoms with van der Waals surface area (Å²) in [6, 6.07) is 15.1. The standard InChI is InChI=1S/C21H24O3/c1-2-3-4-5-6-7-16-8-10-17(11-9-16)18-12-14-19(15-13-18)20(22)21(23)24/h8-15H,2-7H2,1H3,(H,23,24). The Hall–Kier alpha value is -2.42. The first-order valence-electron chi connectivity index (χ1n) is 8.59. The maximum Gasteiger partial charge on any atom is 0.377 e. The molecule has 24 heavy (non-hydrogen) atoms. The minimum atomic E-state index is -1.42. The molecule has 0 heterocycles. The molecule has 1 N–H and O–H groups in total. The molecule has 3 heteroatoms. The van der Waals surface area contributed by atoms with Crippen molar-refractivity contribution in [3.8, 4) is 11.1 Å². The Morgan fingerprint density at radius 2 is 1.33 bits per heavy atom. The van der Waals surface area contributed by atoms with E-state index in [9.17, 15) is 9.59 Å². The quantitative estimate of drug-likeness (QED) is 0.395. The van der Waals surface area contributed by atoms with Crippen LogP contribution in [-0.2, 0) is 11.2 Å². The highest BCUT2D eigenvalue weighted by Gasteiger charge is 2.13. The van der Waals surface area contributed by atoms with Crippen LogP contribution in [0.4, 0.5) is 0 Å². The van der Waals surface area contributed by atoms with Crippen LogP contribution in [0.2, 0.25) is 0 Å². The summed E-state index contributed by atoms with van der Waals surface area (Å²) in [5.41, 5.74) is 3.59. The Morgan fingerprint density at radius 3 is 1.88 bits per heavy atom. The number of rotatable bonds is 9. The Kier molecular flexibility index (Phi) is 6.74. The zero-order chi connectivity index (χ0) is 17.4. The summed E-state index contributed by atoms with van der Waals surface area (Å²) in [5, 5.41) is 8.72. The second-order valence-corrected chi connectivity index (χ2v) is 6.07. The van der Waals surface area contributed by atoms with Gasteiger partial charge in [-0.2, -0.15) is 0 Å². The maximum atomic E-state index is 11.4. The number of carboxylic acids is 1. The highest BCUT2D eigenvalue weighted by Crippen LogP contribution is 2.21. The molecule has 126 valence electrons. The topological polar surface area (TPSA) is 54.4 Å². The number of aryl methyl sites for hydroxylation is 1. The van der Waals surface area contributed by atoms with Crippen LogP contribution in [0.1, 0.15) is 54.9 Å². The summed E-state index contributed by atoms with van der Waals surface area (Å²) in [5.74, 6) is -2.30. The van der Waals surface area contributed by atoms with Crippen LogP contribution in [0, 0.1) is 0 Å². The molecular weight excluding hydrogens is 300 g/mol. The van der Waals surface area contributed by atoms with Crippen LogP contribution >= 0.6 is 0 Å². The van der Waals surface area contributed by atoms with Gasteiger partial charge >= 0.3 is 5.97 Å². The SMILES string of the molecule is CCCCCCCc1ccc(-c2ccc(C(=O)C(=O)O)cc2)cc1. The third-order valence-electron chi connectivity index (χ3n) is 4.20. The molecule has 0 fully saturated rings. The molecule has 0 radical (unpaired) electrons. The number of carbonyl (C=O) groups is 2. The van der Waals surface area contributed by atoms with E-state index in [2.05, 4.69) is 31.2 Å². The maximum absolute atomic E-state index is 11.4. The molecule has 0 amide bonds. The second-order valence-electron chi connectivity index (χ2n) is 6.07. The highest BCUT2D eigenvalue weighted by atomic mass is 16.4. The van der Waals surface area contributed by atoms with E-state index in [0.717, 1.165) is 17.5 Å². The van der Waals surface area contributed by atoms with Crippen molar-refractivity contribution >= 4 is 11.8 Å². The van der Waals surface area contributed by atoms with Gasteiger partial charge in [0.15, 0.2) is 0 Å². The van der Waals surface area contributed by atoms with Crippen LogP contribution in [0.15, 0.2) is 48.5 Å². The Bertz CT molecular complexity index is 669. The predicted octanol–water partition coefficient (Wildman–Crippen LogP) is 5.13. The monoisotopic (exact) mass is 324 g/mol. The molecule has 2 aromatic carbocycles. The molecule has 2 rings (SSSR count). The van der Waals surface area contributed by atoms with Crippen LogP contribution in [0.5, 0.6) is 0 Å². The number of hydrogen-bond acceptors (Lipinski definition) is 2. The Labute approximate surface area is 143 Å². The van der Waals surface area contributed by atoms with Gasteiger partial charge in [0.25, 0.3) is 5.78 Å². The van der Waals surface area contributed by atoms with Crippen molar-refractivity contribution in [3.63, 3.8) is 0 Å². The van der Waals surface area contributed by atoms with E-state index in [-0.39, 0.29) is 5.56 Å². The number of benzene rings is 2. The first-order valence-corrected chi connectivity index (χ1v) is 8.59. The summed E-state index contributed by atoms with van der Waals surface area (Å²) < 4.78 is 0. The first-order chi connectivity index (χ1) is 11.6. The van der Waals surface area contributed by atoms with E-state index in [1.807, 2.05) is 0 Å². The highest BCUT2D eigenvalue weighted by molar-refractivity contribution is 6.39. The Balaban J connectivity index is 1.95. The van der Waals surface area contributed by atoms with Crippen LogP contribution in [-0.4, -0.2) is 16.9 Å². The van der Waals surface area contributed by atoms with Gasteiger partial charge in [-0.25, -0.2) is 4.79 Å². The lowest BCUT2D eigenvalue weighted by Gasteiger charge is -2.06. The summed E-state index contributed by atoms with van der Waals surface area (Å²) >= 11 is 0. The normalized spacial score (nSPS) is 10.5. The molecule has 0 atom stereocenters. The third-order valence-corrected chi connectivity index (χ3v) is 4.20. The van der Waals surface area contributed by atoms with E-state index >= 15 is 0 Å². The predicted molar refractivity (Wildman–Crippen MR) is 96.3 cm³/mol. The van der Waals surface area contributed by atoms with Crippen molar-refractivity contribution < 1.29 is 14.7 Å². The van der Waals surface area contributed by atoms with Gasteiger partial charge in [0.2, 0.25) is 0 Å². The fraction of sp³-hybridized carbons (Fsp3) is 0.333. The number of Topliss-reactive ketones (excluding diaryl/α,β-unsaturated/α-hetero) is 1. The number of hydrogen-bond donors (Lipinski definition) is 1. The van der Waals surface area contributed by atoms with Gasteiger partial charge in [0.05, 0.1) is 0 Å². The molecule has 0 saturated heterocycles. The molecule has 0 aliphatic heterocycles. The molecule has 0 aliphatic carbocycles. The number of carboxylic acid groups (broad SMARTS) is 1. The van der Waals surface area contributed by atoms with Crippen molar-refractivity contribution in [3.05, 3.63) is 59.7 Å². The van der Waals surface area contributed by atoms with Crippen molar-refractivity contribution in [2.24, 2.45) is 0 Å². The molecule has 0 aliphatic rings. The van der Waals surface area contributed by atoms with Gasteiger partial charge in [-0.3, -0.25) is 4.79 Å². The minimum absolute atomic E-state index is 0.204. The summed E-state index contributed by atoms with van der Waals surface area (Å²) in [4.78, 5) is 22.1. The van der Waals surface area contributed by atoms with E-state index < -0.39 is 11.8 Å². The molecule has 0 aromatic heterocycles. The van der Waals surface area contributed by atoms with Gasteiger partial charge < -0.3 is 5.11 Å². The zero-order valence-electron chi connectivity index (χ0n) is 14.1. The van der Waals surface area contributed by atoms with E-state index in [0.29, 0.717) is 0 Å². The number of carbonyl (C=O) groups excluding carboxylic acids is 1. The van der Waals surface area contributed by atoms with E-state index in [4.69, 9.17) is 5.11 Å². The Morgan fingerprint density at radius 1 is 0.792 bits per heavy atom. The fourth-order valence-corrected chi connectivity index (χ4v) is 2.73. The van der Waals surface area contributed by atoms with Crippen LogP contribution < -0.4 is 0 Å². The lowest BCUT2D eigenvalue weighted by Crippen LogP contribution is -2.12. The van der Waals surface area contributed by atoms with Crippen molar-refractivity contribution in [1.29, 1.82) is 0 Å². The van der Waals surface area contributed by atoms with Gasteiger partial charge in [0.1, 0.15) is 0 Å². The van der Waals surface area contributed by atoms with E-state index in [1.54, 1.807) is 24.3 Å². The summed E-state index contributed by atoms with van der Waals surface area (Å²) in [7, 11) is 0. The first kappa shape index (κ1) is 17.9. The molecule has 2 aromatic rings. The van der Waals surface area contributed by atoms with Crippen molar-refractivity contribution in [2.75, 3.05) is 0 Å². The summed E-state index contributed by atoms with van der Waals surface area (Å²) in [6.45, 7) is 2.23. The lowest BCUT2D eigenvalue weighted by atomic mass is 9.99. The lowest BCUT2D eigenvalue weighted by molar-refractivity contribution is -0.131. The largest absolute Gasteiger partial charge is 0.475 e. The van der Waals surface area contributed by atoms with Gasteiger partial charge in [-0.1, -0.05) is 81.1 Å². The number of aliphatic carboxylic acids is 1. The third kappa shape index (κ3) is 5.05. The molecule has 3 nitrogen and oxygen atoms in total. The van der Waals surface area contributed by atoms with Crippen molar-refractivity contribution in [2.45, 2.75) is 45.4 Å². The van der Waals surface area contributed by atoms with Crippen molar-refractivity contribution in [1.82, 2.24) is 0 Å². The molecule has 0 spiro atoms. The summed E-state index contributed by atoms with van der Waals surface area (Å²) in [6.07, 6.45) is 7.52. The van der Waals surface area contributed by atoms with Gasteiger partial charge in [-0.05, 0) is 29.5 Å². The number of unbranched alkanes of at least 4 members (excludes halogenated alkanes) is 4. The van der Waals surface area contributed by atoms with Gasteiger partial charge in [0, 0.05) is 5.56 Å². The number of ketones is 1. The zero-order valence-corrected chi connectivity index (χ0v) is 14.1. The average Bonchev–Trinajstić information content (AvgIpc) is 2.61. The minimum Gasteiger partial charge on any atom is -0.475 e. The average molecular weight is 324 g/mol. The fourth-order valence-electron chi connectivity index (χ4n) is 2.73. The van der Waals surface area contributed by atoms with Gasteiger partial charge in [-0.15, -0.1) is 0 Å². The van der Waals surface area contributed by atoms with Crippen LogP contribution in [0.3, 0.4) is 0 Å². The molecule has 0 bridgehead atoms. The second kappa shape index (κ2) is 9.02. The van der Waals surface area contributed by atoms with Crippen LogP contribution in [0.25, 0.3) is 11.1 Å². The molecular formula is C21H24O3. The van der Waals surface area contributed by atoms with E-state index in [1.165, 1.54) is 37.7 Å². The molecule has 0 saturated carbocycles.